The molecule has 1 aliphatic rings. The van der Waals surface area contributed by atoms with E-state index in [1.165, 1.54) is 5.69 Å². The van der Waals surface area contributed by atoms with Gasteiger partial charge in [0.25, 0.3) is 0 Å². The number of rotatable bonds is 2. The van der Waals surface area contributed by atoms with Crippen molar-refractivity contribution in [3.63, 3.8) is 0 Å². The molecule has 25 heavy (non-hydrogen) atoms. The SMILES string of the molecule is S=C(Nc1cccc(Cl)c1)N1CCn2cccc2[C@@H]1c1cccnc1. The maximum absolute atomic E-state index is 6.08. The number of hydrogen-bond donors (Lipinski definition) is 1. The Kier molecular flexibility index (Phi) is 4.42. The molecule has 1 aromatic carbocycles. The zero-order chi connectivity index (χ0) is 17.2. The van der Waals surface area contributed by atoms with E-state index in [9.17, 15) is 0 Å². The third kappa shape index (κ3) is 3.25. The van der Waals surface area contributed by atoms with Gasteiger partial charge in [0.2, 0.25) is 0 Å². The van der Waals surface area contributed by atoms with Gasteiger partial charge in [0, 0.05) is 48.1 Å². The van der Waals surface area contributed by atoms with Gasteiger partial charge in [0.1, 0.15) is 0 Å². The maximum Gasteiger partial charge on any atom is 0.174 e. The lowest BCUT2D eigenvalue weighted by atomic mass is 10.0. The van der Waals surface area contributed by atoms with Crippen LogP contribution in [0.3, 0.4) is 0 Å². The lowest BCUT2D eigenvalue weighted by Gasteiger charge is -2.38. The fraction of sp³-hybridized carbons (Fsp3) is 0.158. The maximum atomic E-state index is 6.08. The molecule has 2 aromatic heterocycles. The number of nitrogens with zero attached hydrogens (tertiary/aromatic N) is 3. The van der Waals surface area contributed by atoms with Crippen molar-refractivity contribution in [2.24, 2.45) is 0 Å². The lowest BCUT2D eigenvalue weighted by Crippen LogP contribution is -2.44. The summed E-state index contributed by atoms with van der Waals surface area (Å²) >= 11 is 11.8. The van der Waals surface area contributed by atoms with Gasteiger partial charge in [0.05, 0.1) is 6.04 Å². The molecule has 0 unspecified atom stereocenters. The van der Waals surface area contributed by atoms with Crippen molar-refractivity contribution >= 4 is 34.6 Å². The van der Waals surface area contributed by atoms with Crippen LogP contribution in [0.1, 0.15) is 17.3 Å². The predicted octanol–water partition coefficient (Wildman–Crippen LogP) is 4.34. The van der Waals surface area contributed by atoms with Gasteiger partial charge in [-0.05, 0) is 54.2 Å². The molecule has 0 amide bonds. The van der Waals surface area contributed by atoms with Crippen molar-refractivity contribution in [3.05, 3.63) is 83.4 Å². The van der Waals surface area contributed by atoms with Crippen LogP contribution >= 0.6 is 23.8 Å². The van der Waals surface area contributed by atoms with Gasteiger partial charge in [-0.3, -0.25) is 4.98 Å². The molecular formula is C19H17ClN4S. The van der Waals surface area contributed by atoms with Crippen molar-refractivity contribution in [2.75, 3.05) is 11.9 Å². The first kappa shape index (κ1) is 16.1. The summed E-state index contributed by atoms with van der Waals surface area (Å²) in [6.45, 7) is 1.73. The van der Waals surface area contributed by atoms with E-state index in [0.717, 1.165) is 24.3 Å². The molecule has 0 saturated carbocycles. The molecule has 1 atom stereocenters. The molecule has 4 rings (SSSR count). The minimum Gasteiger partial charge on any atom is -0.348 e. The Morgan fingerprint density at radius 1 is 1.16 bits per heavy atom. The smallest absolute Gasteiger partial charge is 0.174 e. The zero-order valence-corrected chi connectivity index (χ0v) is 15.0. The number of anilines is 1. The van der Waals surface area contributed by atoms with Crippen LogP contribution in [0.15, 0.2) is 67.1 Å². The predicted molar refractivity (Wildman–Crippen MR) is 105 cm³/mol. The monoisotopic (exact) mass is 368 g/mol. The highest BCUT2D eigenvalue weighted by atomic mass is 35.5. The molecule has 0 radical (unpaired) electrons. The fourth-order valence-electron chi connectivity index (χ4n) is 3.25. The van der Waals surface area contributed by atoms with Crippen LogP contribution in [-0.2, 0) is 6.54 Å². The van der Waals surface area contributed by atoms with Gasteiger partial charge >= 0.3 is 0 Å². The molecule has 0 bridgehead atoms. The molecule has 3 heterocycles. The molecule has 126 valence electrons. The van der Waals surface area contributed by atoms with E-state index in [-0.39, 0.29) is 6.04 Å². The Labute approximate surface area is 157 Å². The molecule has 4 nitrogen and oxygen atoms in total. The van der Waals surface area contributed by atoms with Crippen molar-refractivity contribution in [3.8, 4) is 0 Å². The van der Waals surface area contributed by atoms with Crippen LogP contribution < -0.4 is 5.32 Å². The quantitative estimate of drug-likeness (QED) is 0.682. The lowest BCUT2D eigenvalue weighted by molar-refractivity contribution is 0.293. The van der Waals surface area contributed by atoms with E-state index in [1.807, 2.05) is 36.5 Å². The summed E-state index contributed by atoms with van der Waals surface area (Å²) in [4.78, 5) is 6.50. The number of pyridine rings is 1. The molecule has 1 aliphatic heterocycles. The van der Waals surface area contributed by atoms with E-state index >= 15 is 0 Å². The van der Waals surface area contributed by atoms with Crippen molar-refractivity contribution < 1.29 is 0 Å². The number of aromatic nitrogens is 2. The topological polar surface area (TPSA) is 33.1 Å². The summed E-state index contributed by atoms with van der Waals surface area (Å²) < 4.78 is 2.27. The van der Waals surface area contributed by atoms with Gasteiger partial charge < -0.3 is 14.8 Å². The highest BCUT2D eigenvalue weighted by molar-refractivity contribution is 7.80. The van der Waals surface area contributed by atoms with E-state index in [1.54, 1.807) is 6.20 Å². The largest absolute Gasteiger partial charge is 0.348 e. The summed E-state index contributed by atoms with van der Waals surface area (Å²) in [6.07, 6.45) is 5.81. The molecule has 0 saturated heterocycles. The minimum absolute atomic E-state index is 0.0386. The highest BCUT2D eigenvalue weighted by Crippen LogP contribution is 2.32. The van der Waals surface area contributed by atoms with Crippen LogP contribution in [0.2, 0.25) is 5.02 Å². The summed E-state index contributed by atoms with van der Waals surface area (Å²) in [5, 5.41) is 4.69. The normalized spacial score (nSPS) is 16.4. The van der Waals surface area contributed by atoms with Gasteiger partial charge in [0.15, 0.2) is 5.11 Å². The number of thiocarbonyl (C=S) groups is 1. The standard InChI is InChI=1S/C19H17ClN4S/c20-15-5-1-6-16(12-15)22-19(25)24-11-10-23-9-3-7-17(23)18(24)14-4-2-8-21-13-14/h1-9,12-13,18H,10-11H2,(H,22,25)/t18-/m0/s1. The first-order chi connectivity index (χ1) is 12.2. The number of halogens is 1. The van der Waals surface area contributed by atoms with Gasteiger partial charge in [-0.15, -0.1) is 0 Å². The molecule has 0 aliphatic carbocycles. The highest BCUT2D eigenvalue weighted by Gasteiger charge is 2.30. The number of nitrogens with one attached hydrogen (secondary N) is 1. The van der Waals surface area contributed by atoms with Crippen LogP contribution in [-0.4, -0.2) is 26.1 Å². The van der Waals surface area contributed by atoms with E-state index < -0.39 is 0 Å². The second-order valence-corrected chi connectivity index (χ2v) is 6.77. The average Bonchev–Trinajstić information content (AvgIpc) is 3.10. The molecule has 0 fully saturated rings. The average molecular weight is 369 g/mol. The van der Waals surface area contributed by atoms with Crippen LogP contribution in [0.5, 0.6) is 0 Å². The third-order valence-corrected chi connectivity index (χ3v) is 4.95. The zero-order valence-electron chi connectivity index (χ0n) is 13.5. The van der Waals surface area contributed by atoms with Gasteiger partial charge in [-0.2, -0.15) is 0 Å². The summed E-state index contributed by atoms with van der Waals surface area (Å²) in [6, 6.07) is 15.9. The second-order valence-electron chi connectivity index (χ2n) is 5.95. The minimum atomic E-state index is 0.0386. The Balaban J connectivity index is 1.66. The second kappa shape index (κ2) is 6.86. The van der Waals surface area contributed by atoms with Gasteiger partial charge in [-0.1, -0.05) is 23.7 Å². The molecule has 1 N–H and O–H groups in total. The van der Waals surface area contributed by atoms with Crippen molar-refractivity contribution in [2.45, 2.75) is 12.6 Å². The van der Waals surface area contributed by atoms with Gasteiger partial charge in [-0.25, -0.2) is 0 Å². The van der Waals surface area contributed by atoms with Crippen molar-refractivity contribution in [1.29, 1.82) is 0 Å². The van der Waals surface area contributed by atoms with E-state index in [2.05, 4.69) is 44.2 Å². The molecule has 3 aromatic rings. The number of benzene rings is 1. The van der Waals surface area contributed by atoms with E-state index in [0.29, 0.717) is 10.1 Å². The number of hydrogen-bond acceptors (Lipinski definition) is 2. The summed E-state index contributed by atoms with van der Waals surface area (Å²) in [5.41, 5.74) is 3.23. The molecular weight excluding hydrogens is 352 g/mol. The van der Waals surface area contributed by atoms with Crippen LogP contribution in [0.4, 0.5) is 5.69 Å². The first-order valence-corrected chi connectivity index (χ1v) is 8.89. The number of fused-ring (bicyclic) bond motifs is 1. The Hall–Kier alpha value is -2.37. The Morgan fingerprint density at radius 3 is 2.88 bits per heavy atom. The molecule has 0 spiro atoms. The van der Waals surface area contributed by atoms with Crippen molar-refractivity contribution in [1.82, 2.24) is 14.5 Å². The fourth-order valence-corrected chi connectivity index (χ4v) is 3.76. The summed E-state index contributed by atoms with van der Waals surface area (Å²) in [5.74, 6) is 0. The summed E-state index contributed by atoms with van der Waals surface area (Å²) in [7, 11) is 0. The first-order valence-electron chi connectivity index (χ1n) is 8.10. The van der Waals surface area contributed by atoms with Crippen LogP contribution in [0, 0.1) is 0 Å². The van der Waals surface area contributed by atoms with Crippen LogP contribution in [0.25, 0.3) is 0 Å². The Morgan fingerprint density at radius 2 is 2.08 bits per heavy atom. The van der Waals surface area contributed by atoms with E-state index in [4.69, 9.17) is 23.8 Å². The molecule has 6 heteroatoms. The third-order valence-electron chi connectivity index (χ3n) is 4.38. The Bertz CT molecular complexity index is 893.